The molecule has 0 saturated carbocycles. The van der Waals surface area contributed by atoms with Crippen molar-refractivity contribution in [1.82, 2.24) is 25.7 Å². The predicted octanol–water partition coefficient (Wildman–Crippen LogP) is 0.680. The van der Waals surface area contributed by atoms with Crippen molar-refractivity contribution in [2.45, 2.75) is 6.92 Å². The minimum Gasteiger partial charge on any atom is -0.351 e. The molecule has 0 aliphatic carbocycles. The predicted molar refractivity (Wildman–Crippen MR) is 86.1 cm³/mol. The first-order valence-corrected chi connectivity index (χ1v) is 7.85. The van der Waals surface area contributed by atoms with Gasteiger partial charge in [-0.3, -0.25) is 9.69 Å². The summed E-state index contributed by atoms with van der Waals surface area (Å²) in [6.07, 6.45) is 0. The van der Waals surface area contributed by atoms with Gasteiger partial charge in [-0.2, -0.15) is 4.98 Å². The summed E-state index contributed by atoms with van der Waals surface area (Å²) >= 11 is 0. The van der Waals surface area contributed by atoms with Crippen molar-refractivity contribution in [3.8, 4) is 11.5 Å². The Kier molecular flexibility index (Phi) is 4.99. The van der Waals surface area contributed by atoms with E-state index in [1.807, 2.05) is 18.2 Å². The second-order valence-electron chi connectivity index (χ2n) is 5.54. The van der Waals surface area contributed by atoms with Gasteiger partial charge in [0.05, 0.1) is 11.1 Å². The number of piperazine rings is 1. The van der Waals surface area contributed by atoms with E-state index < -0.39 is 0 Å². The Balaban J connectivity index is 1.63. The van der Waals surface area contributed by atoms with Crippen molar-refractivity contribution in [1.29, 1.82) is 0 Å². The SMILES string of the molecule is Cc1noc(-c2ccccc2C(=O)NCCN2CCNCC2)n1. The maximum atomic E-state index is 12.5. The molecule has 7 heteroatoms. The molecule has 0 spiro atoms. The molecule has 7 nitrogen and oxygen atoms in total. The molecular weight excluding hydrogens is 294 g/mol. The molecule has 1 amide bonds. The first-order valence-electron chi connectivity index (χ1n) is 7.85. The Labute approximate surface area is 135 Å². The lowest BCUT2D eigenvalue weighted by atomic mass is 10.1. The van der Waals surface area contributed by atoms with Gasteiger partial charge in [0, 0.05) is 39.3 Å². The zero-order chi connectivity index (χ0) is 16.1. The van der Waals surface area contributed by atoms with Gasteiger partial charge < -0.3 is 15.2 Å². The molecule has 1 fully saturated rings. The van der Waals surface area contributed by atoms with Crippen LogP contribution in [0.5, 0.6) is 0 Å². The molecular formula is C16H21N5O2. The van der Waals surface area contributed by atoms with Gasteiger partial charge in [-0.05, 0) is 19.1 Å². The van der Waals surface area contributed by atoms with Crippen molar-refractivity contribution >= 4 is 5.91 Å². The van der Waals surface area contributed by atoms with E-state index in [-0.39, 0.29) is 5.91 Å². The van der Waals surface area contributed by atoms with E-state index in [9.17, 15) is 4.79 Å². The van der Waals surface area contributed by atoms with Crippen LogP contribution in [-0.2, 0) is 0 Å². The van der Waals surface area contributed by atoms with E-state index in [1.54, 1.807) is 13.0 Å². The number of carbonyl (C=O) groups excluding carboxylic acids is 1. The topological polar surface area (TPSA) is 83.3 Å². The van der Waals surface area contributed by atoms with Gasteiger partial charge in [0.1, 0.15) is 0 Å². The van der Waals surface area contributed by atoms with Gasteiger partial charge >= 0.3 is 0 Å². The summed E-state index contributed by atoms with van der Waals surface area (Å²) in [6, 6.07) is 7.28. The second-order valence-corrected chi connectivity index (χ2v) is 5.54. The number of aromatic nitrogens is 2. The van der Waals surface area contributed by atoms with Crippen LogP contribution in [-0.4, -0.2) is 60.2 Å². The lowest BCUT2D eigenvalue weighted by molar-refractivity contribution is 0.0947. The number of nitrogens with zero attached hydrogens (tertiary/aromatic N) is 3. The quantitative estimate of drug-likeness (QED) is 0.844. The number of aryl methyl sites for hydroxylation is 1. The third kappa shape index (κ3) is 3.94. The molecule has 0 atom stereocenters. The summed E-state index contributed by atoms with van der Waals surface area (Å²) in [4.78, 5) is 19.0. The first kappa shape index (κ1) is 15.6. The second kappa shape index (κ2) is 7.34. The molecule has 23 heavy (non-hydrogen) atoms. The molecule has 2 heterocycles. The molecule has 1 aliphatic heterocycles. The van der Waals surface area contributed by atoms with E-state index in [2.05, 4.69) is 25.7 Å². The van der Waals surface area contributed by atoms with Crippen LogP contribution in [0.4, 0.5) is 0 Å². The number of rotatable bonds is 5. The number of hydrogen-bond donors (Lipinski definition) is 2. The third-order valence-electron chi connectivity index (χ3n) is 3.85. The summed E-state index contributed by atoms with van der Waals surface area (Å²) in [5, 5.41) is 10.1. The van der Waals surface area contributed by atoms with Crippen LogP contribution < -0.4 is 10.6 Å². The largest absolute Gasteiger partial charge is 0.351 e. The zero-order valence-corrected chi connectivity index (χ0v) is 13.2. The van der Waals surface area contributed by atoms with Crippen LogP contribution in [0.3, 0.4) is 0 Å². The highest BCUT2D eigenvalue weighted by molar-refractivity contribution is 5.99. The molecule has 1 aliphatic rings. The van der Waals surface area contributed by atoms with Crippen LogP contribution >= 0.6 is 0 Å². The Bertz CT molecular complexity index is 664. The highest BCUT2D eigenvalue weighted by atomic mass is 16.5. The molecule has 2 aromatic rings. The number of nitrogens with one attached hydrogen (secondary N) is 2. The van der Waals surface area contributed by atoms with Crippen LogP contribution in [0.1, 0.15) is 16.2 Å². The van der Waals surface area contributed by atoms with Gasteiger partial charge in [-0.1, -0.05) is 17.3 Å². The van der Waals surface area contributed by atoms with Gasteiger partial charge in [-0.15, -0.1) is 0 Å². The monoisotopic (exact) mass is 315 g/mol. The van der Waals surface area contributed by atoms with Crippen molar-refractivity contribution in [2.24, 2.45) is 0 Å². The molecule has 0 radical (unpaired) electrons. The average Bonchev–Trinajstić information content (AvgIpc) is 3.02. The molecule has 0 bridgehead atoms. The van der Waals surface area contributed by atoms with Crippen LogP contribution in [0.15, 0.2) is 28.8 Å². The number of benzene rings is 1. The number of hydrogen-bond acceptors (Lipinski definition) is 6. The minimum atomic E-state index is -0.119. The molecule has 0 unspecified atom stereocenters. The lowest BCUT2D eigenvalue weighted by Crippen LogP contribution is -2.46. The van der Waals surface area contributed by atoms with Crippen LogP contribution in [0, 0.1) is 6.92 Å². The van der Waals surface area contributed by atoms with Crippen LogP contribution in [0.2, 0.25) is 0 Å². The van der Waals surface area contributed by atoms with Gasteiger partial charge in [0.15, 0.2) is 5.82 Å². The molecule has 1 aromatic carbocycles. The third-order valence-corrected chi connectivity index (χ3v) is 3.85. The zero-order valence-electron chi connectivity index (χ0n) is 13.2. The van der Waals surface area contributed by atoms with E-state index in [0.29, 0.717) is 29.4 Å². The standard InChI is InChI=1S/C16H21N5O2/c1-12-19-16(23-20-12)14-5-3-2-4-13(14)15(22)18-8-11-21-9-6-17-7-10-21/h2-5,17H,6-11H2,1H3,(H,18,22). The Hall–Kier alpha value is -2.25. The first-order chi connectivity index (χ1) is 11.2. The lowest BCUT2D eigenvalue weighted by Gasteiger charge is -2.27. The Morgan fingerprint density at radius 2 is 2.13 bits per heavy atom. The molecule has 122 valence electrons. The summed E-state index contributed by atoms with van der Waals surface area (Å²) in [5.74, 6) is 0.802. The smallest absolute Gasteiger partial charge is 0.258 e. The maximum Gasteiger partial charge on any atom is 0.258 e. The Morgan fingerprint density at radius 3 is 2.87 bits per heavy atom. The molecule has 3 rings (SSSR count). The van der Waals surface area contributed by atoms with E-state index in [4.69, 9.17) is 4.52 Å². The van der Waals surface area contributed by atoms with E-state index >= 15 is 0 Å². The average molecular weight is 315 g/mol. The summed E-state index contributed by atoms with van der Waals surface area (Å²) in [5.41, 5.74) is 1.21. The fraction of sp³-hybridized carbons (Fsp3) is 0.438. The summed E-state index contributed by atoms with van der Waals surface area (Å²) in [6.45, 7) is 7.29. The normalized spacial score (nSPS) is 15.5. The highest BCUT2D eigenvalue weighted by Crippen LogP contribution is 2.21. The molecule has 1 saturated heterocycles. The highest BCUT2D eigenvalue weighted by Gasteiger charge is 2.17. The fourth-order valence-corrected chi connectivity index (χ4v) is 2.63. The molecule has 1 aromatic heterocycles. The van der Waals surface area contributed by atoms with Crippen molar-refractivity contribution in [3.05, 3.63) is 35.7 Å². The van der Waals surface area contributed by atoms with Gasteiger partial charge in [-0.25, -0.2) is 0 Å². The summed E-state index contributed by atoms with van der Waals surface area (Å²) in [7, 11) is 0. The number of amides is 1. The van der Waals surface area contributed by atoms with Crippen molar-refractivity contribution in [2.75, 3.05) is 39.3 Å². The molecule has 2 N–H and O–H groups in total. The number of carbonyl (C=O) groups is 1. The maximum absolute atomic E-state index is 12.5. The van der Waals surface area contributed by atoms with E-state index in [0.717, 1.165) is 32.7 Å². The van der Waals surface area contributed by atoms with Gasteiger partial charge in [0.25, 0.3) is 11.8 Å². The van der Waals surface area contributed by atoms with Crippen LogP contribution in [0.25, 0.3) is 11.5 Å². The Morgan fingerprint density at radius 1 is 1.35 bits per heavy atom. The van der Waals surface area contributed by atoms with Crippen molar-refractivity contribution in [3.63, 3.8) is 0 Å². The fourth-order valence-electron chi connectivity index (χ4n) is 2.63. The van der Waals surface area contributed by atoms with Gasteiger partial charge in [0.2, 0.25) is 0 Å². The van der Waals surface area contributed by atoms with Crippen molar-refractivity contribution < 1.29 is 9.32 Å². The summed E-state index contributed by atoms with van der Waals surface area (Å²) < 4.78 is 5.18. The minimum absolute atomic E-state index is 0.119. The van der Waals surface area contributed by atoms with E-state index in [1.165, 1.54) is 0 Å².